The second-order valence-electron chi connectivity index (χ2n) is 5.78. The van der Waals surface area contributed by atoms with Crippen LogP contribution in [0.2, 0.25) is 0 Å². The molecule has 2 aliphatic rings. The van der Waals surface area contributed by atoms with Crippen LogP contribution in [0.25, 0.3) is 0 Å². The van der Waals surface area contributed by atoms with Crippen molar-refractivity contribution in [2.75, 3.05) is 37.6 Å². The summed E-state index contributed by atoms with van der Waals surface area (Å²) in [4.78, 5) is 16.4. The summed E-state index contributed by atoms with van der Waals surface area (Å²) in [5.41, 5.74) is 0.669. The molecule has 3 rings (SSSR count). The summed E-state index contributed by atoms with van der Waals surface area (Å²) in [7, 11) is 0. The highest BCUT2D eigenvalue weighted by Gasteiger charge is 2.30. The maximum atomic E-state index is 13.8. The topological polar surface area (TPSA) is 35.6 Å². The largest absolute Gasteiger partial charge is 0.367 e. The van der Waals surface area contributed by atoms with Crippen LogP contribution >= 0.6 is 0 Å². The average Bonchev–Trinajstić information content (AvgIpc) is 2.73. The van der Waals surface area contributed by atoms with Gasteiger partial charge in [-0.1, -0.05) is 12.1 Å². The second kappa shape index (κ2) is 6.43. The second-order valence-corrected chi connectivity index (χ2v) is 5.78. The van der Waals surface area contributed by atoms with E-state index in [0.29, 0.717) is 5.69 Å². The summed E-state index contributed by atoms with van der Waals surface area (Å²) < 4.78 is 13.8. The Kier molecular flexibility index (Phi) is 4.39. The molecular weight excluding hydrogens is 269 g/mol. The maximum Gasteiger partial charge on any atom is 0.237 e. The van der Waals surface area contributed by atoms with E-state index in [1.165, 1.54) is 6.07 Å². The number of para-hydroxylation sites is 1. The van der Waals surface area contributed by atoms with Gasteiger partial charge in [-0.2, -0.15) is 0 Å². The number of hydrogen-bond donors (Lipinski definition) is 1. The molecule has 0 unspecified atom stereocenters. The Balaban J connectivity index is 1.62. The molecule has 1 atom stereocenters. The minimum absolute atomic E-state index is 0.00438. The number of nitrogens with zero attached hydrogens (tertiary/aromatic N) is 2. The third-order valence-electron chi connectivity index (χ3n) is 4.45. The highest BCUT2D eigenvalue weighted by Crippen LogP contribution is 2.22. The minimum atomic E-state index is -0.168. The molecule has 4 nitrogen and oxygen atoms in total. The molecule has 0 aromatic heterocycles. The van der Waals surface area contributed by atoms with E-state index in [1.807, 2.05) is 12.1 Å². The number of rotatable bonds is 2. The van der Waals surface area contributed by atoms with Gasteiger partial charge in [0, 0.05) is 32.7 Å². The lowest BCUT2D eigenvalue weighted by Crippen LogP contribution is -2.54. The van der Waals surface area contributed by atoms with E-state index in [-0.39, 0.29) is 17.8 Å². The van der Waals surface area contributed by atoms with Crippen molar-refractivity contribution in [1.29, 1.82) is 0 Å². The van der Waals surface area contributed by atoms with E-state index < -0.39 is 0 Å². The third-order valence-corrected chi connectivity index (χ3v) is 4.45. The van der Waals surface area contributed by atoms with Crippen LogP contribution in [0.15, 0.2) is 24.3 Å². The Hall–Kier alpha value is -1.62. The molecule has 1 amide bonds. The number of benzene rings is 1. The lowest BCUT2D eigenvalue weighted by molar-refractivity contribution is -0.126. The molecule has 0 saturated carbocycles. The molecule has 1 aromatic rings. The Morgan fingerprint density at radius 2 is 1.86 bits per heavy atom. The zero-order valence-electron chi connectivity index (χ0n) is 12.2. The normalized spacial score (nSPS) is 24.5. The molecule has 2 saturated heterocycles. The van der Waals surface area contributed by atoms with Gasteiger partial charge in [-0.15, -0.1) is 0 Å². The number of carbonyl (C=O) groups is 1. The van der Waals surface area contributed by atoms with Gasteiger partial charge in [0.2, 0.25) is 5.91 Å². The number of anilines is 1. The van der Waals surface area contributed by atoms with Crippen molar-refractivity contribution in [2.45, 2.75) is 25.3 Å². The molecule has 2 heterocycles. The fraction of sp³-hybridized carbons (Fsp3) is 0.562. The number of halogens is 1. The van der Waals surface area contributed by atoms with Gasteiger partial charge in [0.25, 0.3) is 0 Å². The van der Waals surface area contributed by atoms with E-state index in [2.05, 4.69) is 15.1 Å². The third kappa shape index (κ3) is 3.18. The van der Waals surface area contributed by atoms with Crippen molar-refractivity contribution < 1.29 is 9.18 Å². The van der Waals surface area contributed by atoms with Gasteiger partial charge in [0.1, 0.15) is 5.82 Å². The number of amides is 1. The predicted molar refractivity (Wildman–Crippen MR) is 80.8 cm³/mol. The fourth-order valence-electron chi connectivity index (χ4n) is 3.25. The van der Waals surface area contributed by atoms with Crippen LogP contribution < -0.4 is 10.2 Å². The van der Waals surface area contributed by atoms with Gasteiger partial charge in [-0.3, -0.25) is 9.69 Å². The number of piperazine rings is 1. The van der Waals surface area contributed by atoms with Gasteiger partial charge in [-0.05, 0) is 31.4 Å². The average molecular weight is 291 g/mol. The lowest BCUT2D eigenvalue weighted by atomic mass is 10.1. The summed E-state index contributed by atoms with van der Waals surface area (Å²) >= 11 is 0. The van der Waals surface area contributed by atoms with Crippen LogP contribution in [0.1, 0.15) is 19.3 Å². The van der Waals surface area contributed by atoms with E-state index >= 15 is 0 Å². The van der Waals surface area contributed by atoms with Gasteiger partial charge < -0.3 is 10.2 Å². The highest BCUT2D eigenvalue weighted by atomic mass is 19.1. The van der Waals surface area contributed by atoms with Crippen LogP contribution in [0, 0.1) is 5.82 Å². The van der Waals surface area contributed by atoms with Gasteiger partial charge in [0.15, 0.2) is 0 Å². The van der Waals surface area contributed by atoms with Crippen molar-refractivity contribution >= 4 is 11.6 Å². The lowest BCUT2D eigenvalue weighted by Gasteiger charge is -2.39. The van der Waals surface area contributed by atoms with E-state index in [9.17, 15) is 9.18 Å². The van der Waals surface area contributed by atoms with Gasteiger partial charge >= 0.3 is 0 Å². The number of hydrogen-bond acceptors (Lipinski definition) is 3. The van der Waals surface area contributed by atoms with Gasteiger partial charge in [-0.25, -0.2) is 4.39 Å². The van der Waals surface area contributed by atoms with Crippen LogP contribution in [-0.4, -0.2) is 49.6 Å². The molecule has 0 radical (unpaired) electrons. The minimum Gasteiger partial charge on any atom is -0.367 e. The quantitative estimate of drug-likeness (QED) is 0.899. The van der Waals surface area contributed by atoms with Crippen molar-refractivity contribution in [3.8, 4) is 0 Å². The summed E-state index contributed by atoms with van der Waals surface area (Å²) in [6, 6.07) is 6.90. The van der Waals surface area contributed by atoms with Crippen molar-refractivity contribution in [3.05, 3.63) is 30.1 Å². The van der Waals surface area contributed by atoms with Crippen molar-refractivity contribution in [3.63, 3.8) is 0 Å². The smallest absolute Gasteiger partial charge is 0.237 e. The molecule has 0 bridgehead atoms. The summed E-state index contributed by atoms with van der Waals surface area (Å²) in [6.07, 6.45) is 3.10. The summed E-state index contributed by atoms with van der Waals surface area (Å²) in [5, 5.41) is 2.99. The van der Waals surface area contributed by atoms with E-state index in [1.54, 1.807) is 6.07 Å². The SMILES string of the molecule is O=C1NCCCC[C@H]1N1CCN(c2ccccc2F)CC1. The van der Waals surface area contributed by atoms with Crippen LogP contribution in [0.4, 0.5) is 10.1 Å². The Morgan fingerprint density at radius 1 is 1.10 bits per heavy atom. The standard InChI is InChI=1S/C16H22FN3O/c17-13-5-1-2-6-14(13)19-9-11-20(12-10-19)15-7-3-4-8-18-16(15)21/h1-2,5-6,15H,3-4,7-12H2,(H,18,21)/t15-/m1/s1. The molecule has 5 heteroatoms. The summed E-state index contributed by atoms with van der Waals surface area (Å²) in [5.74, 6) is -0.00926. The fourth-order valence-corrected chi connectivity index (χ4v) is 3.25. The number of nitrogens with one attached hydrogen (secondary N) is 1. The first-order valence-electron chi connectivity index (χ1n) is 7.77. The molecule has 0 aliphatic carbocycles. The van der Waals surface area contributed by atoms with Crippen LogP contribution in [0.3, 0.4) is 0 Å². The molecule has 1 aromatic carbocycles. The molecule has 0 spiro atoms. The van der Waals surface area contributed by atoms with E-state index in [4.69, 9.17) is 0 Å². The monoisotopic (exact) mass is 291 g/mol. The molecule has 21 heavy (non-hydrogen) atoms. The molecule has 2 fully saturated rings. The number of carbonyl (C=O) groups excluding carboxylic acids is 1. The Bertz CT molecular complexity index is 500. The van der Waals surface area contributed by atoms with E-state index in [0.717, 1.165) is 52.0 Å². The Labute approximate surface area is 124 Å². The summed E-state index contributed by atoms with van der Waals surface area (Å²) in [6.45, 7) is 3.96. The molecular formula is C16H22FN3O. The molecule has 114 valence electrons. The van der Waals surface area contributed by atoms with Crippen LogP contribution in [0.5, 0.6) is 0 Å². The van der Waals surface area contributed by atoms with Crippen LogP contribution in [-0.2, 0) is 4.79 Å². The molecule has 2 aliphatic heterocycles. The zero-order chi connectivity index (χ0) is 14.7. The van der Waals surface area contributed by atoms with Crippen molar-refractivity contribution in [2.24, 2.45) is 0 Å². The Morgan fingerprint density at radius 3 is 2.62 bits per heavy atom. The zero-order valence-corrected chi connectivity index (χ0v) is 12.2. The van der Waals surface area contributed by atoms with Gasteiger partial charge in [0.05, 0.1) is 11.7 Å². The first-order chi connectivity index (χ1) is 10.3. The highest BCUT2D eigenvalue weighted by molar-refractivity contribution is 5.82. The first kappa shape index (κ1) is 14.3. The first-order valence-corrected chi connectivity index (χ1v) is 7.77. The maximum absolute atomic E-state index is 13.8. The predicted octanol–water partition coefficient (Wildman–Crippen LogP) is 1.62. The van der Waals surface area contributed by atoms with Crippen molar-refractivity contribution in [1.82, 2.24) is 10.2 Å². The molecule has 1 N–H and O–H groups in total.